The maximum absolute atomic E-state index is 13.2. The smallest absolute Gasteiger partial charge is 0.123 e. The lowest BCUT2D eigenvalue weighted by Gasteiger charge is -2.34. The van der Waals surface area contributed by atoms with Crippen molar-refractivity contribution in [1.82, 2.24) is 9.78 Å². The molecule has 156 valence electrons. The van der Waals surface area contributed by atoms with E-state index < -0.39 is 6.10 Å². The van der Waals surface area contributed by atoms with Crippen molar-refractivity contribution < 1.29 is 9.50 Å². The van der Waals surface area contributed by atoms with Crippen molar-refractivity contribution in [2.45, 2.75) is 51.6 Å². The predicted molar refractivity (Wildman–Crippen MR) is 119 cm³/mol. The fourth-order valence-corrected chi connectivity index (χ4v) is 4.61. The van der Waals surface area contributed by atoms with Crippen molar-refractivity contribution in [3.05, 3.63) is 89.5 Å². The van der Waals surface area contributed by atoms with Crippen molar-refractivity contribution in [3.8, 4) is 5.69 Å². The Balaban J connectivity index is 1.47. The van der Waals surface area contributed by atoms with Gasteiger partial charge in [-0.3, -0.25) is 0 Å². The second-order valence-corrected chi connectivity index (χ2v) is 9.42. The second kappa shape index (κ2) is 7.84. The van der Waals surface area contributed by atoms with Gasteiger partial charge in [-0.15, -0.1) is 0 Å². The molecule has 2 aromatic carbocycles. The van der Waals surface area contributed by atoms with Crippen LogP contribution in [0.1, 0.15) is 50.4 Å². The molecule has 2 atom stereocenters. The lowest BCUT2D eigenvalue weighted by atomic mass is 9.72. The number of aliphatic hydroxyl groups excluding tert-OH is 1. The molecule has 30 heavy (non-hydrogen) atoms. The number of rotatable bonds is 6. The number of benzene rings is 2. The van der Waals surface area contributed by atoms with Gasteiger partial charge in [0.15, 0.2) is 0 Å². The number of hydrogen-bond donors (Lipinski definition) is 1. The molecule has 3 aromatic rings. The zero-order valence-electron chi connectivity index (χ0n) is 17.8. The Morgan fingerprint density at radius 1 is 1.13 bits per heavy atom. The standard InChI is InChI=1S/C26H29FN2O/c1-25(2,20-7-5-4-6-8-20)16-23(30)17-26(3)14-13-24-19(15-26)18-28-29(24)22-11-9-21(27)10-12-22/h4-14,18,23,30H,15-17H2,1-3H3. The summed E-state index contributed by atoms with van der Waals surface area (Å²) in [7, 11) is 0. The molecule has 1 heterocycles. The van der Waals surface area contributed by atoms with Gasteiger partial charge in [0.1, 0.15) is 5.82 Å². The molecule has 0 amide bonds. The molecule has 0 fully saturated rings. The molecule has 4 rings (SSSR count). The lowest BCUT2D eigenvalue weighted by Crippen LogP contribution is -2.31. The van der Waals surface area contributed by atoms with Crippen LogP contribution in [0, 0.1) is 11.2 Å². The van der Waals surface area contributed by atoms with Crippen LogP contribution in [0.4, 0.5) is 4.39 Å². The number of aliphatic hydroxyl groups is 1. The molecule has 1 aliphatic carbocycles. The number of halogens is 1. The molecular formula is C26H29FN2O. The van der Waals surface area contributed by atoms with E-state index in [1.807, 2.05) is 16.9 Å². The van der Waals surface area contributed by atoms with E-state index in [0.717, 1.165) is 23.4 Å². The number of hydrogen-bond acceptors (Lipinski definition) is 2. The highest BCUT2D eigenvalue weighted by atomic mass is 19.1. The summed E-state index contributed by atoms with van der Waals surface area (Å²) in [5, 5.41) is 15.5. The Morgan fingerprint density at radius 2 is 1.83 bits per heavy atom. The van der Waals surface area contributed by atoms with Gasteiger partial charge in [0.05, 0.1) is 23.7 Å². The van der Waals surface area contributed by atoms with Crippen LogP contribution in [0.5, 0.6) is 0 Å². The average molecular weight is 405 g/mol. The third-order valence-electron chi connectivity index (χ3n) is 6.20. The average Bonchev–Trinajstić information content (AvgIpc) is 3.11. The maximum atomic E-state index is 13.2. The van der Waals surface area contributed by atoms with Gasteiger partial charge >= 0.3 is 0 Å². The SMILES string of the molecule is CC1(CC(O)CC(C)(C)c2ccccc2)C=Cc2c(cnn2-c2ccc(F)cc2)C1. The van der Waals surface area contributed by atoms with E-state index in [0.29, 0.717) is 12.8 Å². The van der Waals surface area contributed by atoms with Crippen LogP contribution in [0.3, 0.4) is 0 Å². The minimum absolute atomic E-state index is 0.0892. The fraction of sp³-hybridized carbons (Fsp3) is 0.346. The largest absolute Gasteiger partial charge is 0.393 e. The summed E-state index contributed by atoms with van der Waals surface area (Å²) in [5.74, 6) is -0.254. The van der Waals surface area contributed by atoms with Gasteiger partial charge in [-0.1, -0.05) is 57.2 Å². The third kappa shape index (κ3) is 4.24. The van der Waals surface area contributed by atoms with Crippen LogP contribution in [0.15, 0.2) is 66.9 Å². The first-order valence-electron chi connectivity index (χ1n) is 10.5. The van der Waals surface area contributed by atoms with Crippen molar-refractivity contribution in [2.24, 2.45) is 5.41 Å². The van der Waals surface area contributed by atoms with E-state index in [4.69, 9.17) is 0 Å². The van der Waals surface area contributed by atoms with Gasteiger partial charge < -0.3 is 5.11 Å². The van der Waals surface area contributed by atoms with Gasteiger partial charge in [-0.05, 0) is 71.6 Å². The van der Waals surface area contributed by atoms with Crippen LogP contribution in [-0.4, -0.2) is 21.0 Å². The summed E-state index contributed by atoms with van der Waals surface area (Å²) in [6.45, 7) is 6.57. The van der Waals surface area contributed by atoms with Crippen LogP contribution >= 0.6 is 0 Å². The first-order chi connectivity index (χ1) is 14.3. The summed E-state index contributed by atoms with van der Waals surface area (Å²) < 4.78 is 15.1. The van der Waals surface area contributed by atoms with E-state index in [9.17, 15) is 9.50 Å². The second-order valence-electron chi connectivity index (χ2n) is 9.42. The van der Waals surface area contributed by atoms with E-state index >= 15 is 0 Å². The lowest BCUT2D eigenvalue weighted by molar-refractivity contribution is 0.0962. The van der Waals surface area contributed by atoms with Crippen molar-refractivity contribution in [1.29, 1.82) is 0 Å². The molecule has 0 saturated heterocycles. The Morgan fingerprint density at radius 3 is 2.53 bits per heavy atom. The van der Waals surface area contributed by atoms with Gasteiger partial charge in [-0.2, -0.15) is 5.10 Å². The minimum atomic E-state index is -0.399. The highest BCUT2D eigenvalue weighted by Crippen LogP contribution is 2.39. The Kier molecular flexibility index (Phi) is 5.37. The van der Waals surface area contributed by atoms with E-state index in [-0.39, 0.29) is 16.6 Å². The molecule has 1 aromatic heterocycles. The zero-order valence-corrected chi connectivity index (χ0v) is 17.8. The molecule has 3 nitrogen and oxygen atoms in total. The monoisotopic (exact) mass is 404 g/mol. The van der Waals surface area contributed by atoms with E-state index in [2.05, 4.69) is 62.3 Å². The predicted octanol–water partition coefficient (Wildman–Crippen LogP) is 5.71. The van der Waals surface area contributed by atoms with E-state index in [1.54, 1.807) is 12.1 Å². The van der Waals surface area contributed by atoms with Crippen molar-refractivity contribution >= 4 is 6.08 Å². The van der Waals surface area contributed by atoms with Gasteiger partial charge in [0.2, 0.25) is 0 Å². The Bertz CT molecular complexity index is 1040. The van der Waals surface area contributed by atoms with Gasteiger partial charge in [-0.25, -0.2) is 9.07 Å². The Labute approximate surface area is 177 Å². The molecule has 4 heteroatoms. The van der Waals surface area contributed by atoms with Crippen LogP contribution in [-0.2, 0) is 11.8 Å². The number of nitrogens with zero attached hydrogens (tertiary/aromatic N) is 2. The number of allylic oxidation sites excluding steroid dienone is 1. The summed E-state index contributed by atoms with van der Waals surface area (Å²) in [6.07, 6.45) is 8.00. The summed E-state index contributed by atoms with van der Waals surface area (Å²) >= 11 is 0. The van der Waals surface area contributed by atoms with Crippen molar-refractivity contribution in [2.75, 3.05) is 0 Å². The van der Waals surface area contributed by atoms with E-state index in [1.165, 1.54) is 17.7 Å². The summed E-state index contributed by atoms with van der Waals surface area (Å²) in [6, 6.07) is 16.8. The molecule has 0 aliphatic heterocycles. The van der Waals surface area contributed by atoms with Gasteiger partial charge in [0.25, 0.3) is 0 Å². The quantitative estimate of drug-likeness (QED) is 0.572. The number of aromatic nitrogens is 2. The molecule has 0 spiro atoms. The summed E-state index contributed by atoms with van der Waals surface area (Å²) in [4.78, 5) is 0. The first kappa shape index (κ1) is 20.5. The van der Waals surface area contributed by atoms with Crippen LogP contribution in [0.25, 0.3) is 11.8 Å². The maximum Gasteiger partial charge on any atom is 0.123 e. The molecular weight excluding hydrogens is 375 g/mol. The molecule has 1 aliphatic rings. The van der Waals surface area contributed by atoms with Gasteiger partial charge in [0, 0.05) is 0 Å². The molecule has 1 N–H and O–H groups in total. The first-order valence-corrected chi connectivity index (χ1v) is 10.5. The normalized spacial score (nSPS) is 19.5. The summed E-state index contributed by atoms with van der Waals surface area (Å²) in [5.41, 5.74) is 4.05. The molecule has 0 radical (unpaired) electrons. The zero-order chi connectivity index (χ0) is 21.4. The van der Waals surface area contributed by atoms with Crippen molar-refractivity contribution in [3.63, 3.8) is 0 Å². The third-order valence-corrected chi connectivity index (χ3v) is 6.20. The molecule has 2 unspecified atom stereocenters. The molecule has 0 bridgehead atoms. The Hall–Kier alpha value is -2.72. The minimum Gasteiger partial charge on any atom is -0.393 e. The topological polar surface area (TPSA) is 38.1 Å². The molecule has 0 saturated carbocycles. The van der Waals surface area contributed by atoms with Crippen LogP contribution in [0.2, 0.25) is 0 Å². The highest BCUT2D eigenvalue weighted by Gasteiger charge is 2.33. The fourth-order valence-electron chi connectivity index (χ4n) is 4.61. The number of fused-ring (bicyclic) bond motifs is 1. The highest BCUT2D eigenvalue weighted by molar-refractivity contribution is 5.57. The van der Waals surface area contributed by atoms with Crippen LogP contribution < -0.4 is 0 Å².